The van der Waals surface area contributed by atoms with Gasteiger partial charge < -0.3 is 14.8 Å². The molecule has 0 saturated carbocycles. The zero-order valence-electron chi connectivity index (χ0n) is 30.1. The van der Waals surface area contributed by atoms with E-state index in [4.69, 9.17) is 9.47 Å². The Morgan fingerprint density at radius 1 is 1.06 bits per heavy atom. The molecule has 12 nitrogen and oxygen atoms in total. The number of pyridine rings is 1. The molecule has 0 radical (unpaired) electrons. The predicted octanol–water partition coefficient (Wildman–Crippen LogP) is 5.61. The second-order valence-electron chi connectivity index (χ2n) is 14.7. The van der Waals surface area contributed by atoms with Crippen molar-refractivity contribution in [3.05, 3.63) is 93.2 Å². The maximum atomic E-state index is 15.6. The van der Waals surface area contributed by atoms with Crippen LogP contribution in [0.25, 0.3) is 11.3 Å². The van der Waals surface area contributed by atoms with E-state index in [0.29, 0.717) is 39.6 Å². The summed E-state index contributed by atoms with van der Waals surface area (Å²) in [5, 5.41) is 8.87. The fraction of sp³-hybridized carbons (Fsp3) is 0.395. The van der Waals surface area contributed by atoms with Crippen LogP contribution in [-0.4, -0.2) is 56.8 Å². The van der Waals surface area contributed by atoms with Gasteiger partial charge in [-0.25, -0.2) is 24.5 Å². The number of halogens is 1. The first-order valence-corrected chi connectivity index (χ1v) is 17.0. The van der Waals surface area contributed by atoms with Crippen LogP contribution >= 0.6 is 0 Å². The highest BCUT2D eigenvalue weighted by Crippen LogP contribution is 2.35. The Morgan fingerprint density at radius 3 is 2.47 bits per heavy atom. The first kappa shape index (κ1) is 35.7. The molecular formula is C38H44FN7O5. The lowest BCUT2D eigenvalue weighted by Crippen LogP contribution is -2.48. The molecule has 1 amide bonds. The fourth-order valence-corrected chi connectivity index (χ4v) is 6.28. The van der Waals surface area contributed by atoms with Gasteiger partial charge in [-0.05, 0) is 80.2 Å². The minimum absolute atomic E-state index is 0.0269. The number of hydrazine groups is 1. The first-order chi connectivity index (χ1) is 24.1. The number of fused-ring (bicyclic) bond motifs is 1. The molecule has 0 spiro atoms. The molecule has 6 rings (SSSR count). The van der Waals surface area contributed by atoms with Crippen LogP contribution in [0.2, 0.25) is 0 Å². The molecule has 2 aromatic heterocycles. The number of esters is 1. The van der Waals surface area contributed by atoms with E-state index in [1.807, 2.05) is 40.7 Å². The SMILES string of the molecule is CC(=O)OCc1c(-c2cc(Nc3ccc(OC(C)(C)CN4CCC4)cn3)c(=O)n(C)n2)cccc1N1NCc2cc(C(C)(C)C)cc(F)c2C1=O. The number of anilines is 3. The quantitative estimate of drug-likeness (QED) is 0.202. The molecule has 268 valence electrons. The van der Waals surface area contributed by atoms with E-state index in [1.165, 1.54) is 36.1 Å². The zero-order chi connectivity index (χ0) is 36.7. The zero-order valence-corrected chi connectivity index (χ0v) is 30.1. The van der Waals surface area contributed by atoms with Gasteiger partial charge in [0.1, 0.15) is 35.3 Å². The van der Waals surface area contributed by atoms with Gasteiger partial charge >= 0.3 is 5.97 Å². The molecule has 1 fully saturated rings. The number of likely N-dealkylation sites (tertiary alicyclic amines) is 1. The van der Waals surface area contributed by atoms with Crippen LogP contribution in [0.4, 0.5) is 21.6 Å². The third-order valence-corrected chi connectivity index (χ3v) is 8.98. The van der Waals surface area contributed by atoms with E-state index < -0.39 is 28.9 Å². The molecule has 2 aliphatic heterocycles. The summed E-state index contributed by atoms with van der Waals surface area (Å²) < 4.78 is 28.4. The number of aromatic nitrogens is 3. The van der Waals surface area contributed by atoms with E-state index >= 15 is 4.39 Å². The number of benzene rings is 2. The van der Waals surface area contributed by atoms with Crippen molar-refractivity contribution in [3.8, 4) is 17.0 Å². The number of rotatable bonds is 10. The average Bonchev–Trinajstić information content (AvgIpc) is 3.04. The highest BCUT2D eigenvalue weighted by Gasteiger charge is 2.33. The van der Waals surface area contributed by atoms with Crippen LogP contribution < -0.4 is 26.0 Å². The highest BCUT2D eigenvalue weighted by molar-refractivity contribution is 6.08. The molecule has 4 heterocycles. The standard InChI is InChI=1S/C38H44FN7O5/c1-23(47)50-21-28-27(10-8-11-32(28)46-36(49)34-24(19-41-46)16-25(17-29(34)39)37(2,3)4)30-18-31(35(48)44(7)43-30)42-33-13-12-26(20-40-33)51-38(5,6)22-45-14-9-15-45/h8,10-13,16-18,20,41H,9,14-15,19,21-22H2,1-7H3,(H,40,42). The van der Waals surface area contributed by atoms with Crippen molar-refractivity contribution in [2.24, 2.45) is 7.05 Å². The number of ether oxygens (including phenoxy) is 2. The molecule has 2 N–H and O–H groups in total. The minimum Gasteiger partial charge on any atom is -0.485 e. The number of nitrogens with zero attached hydrogens (tertiary/aromatic N) is 5. The Balaban J connectivity index is 1.31. The van der Waals surface area contributed by atoms with Gasteiger partial charge in [0.2, 0.25) is 0 Å². The van der Waals surface area contributed by atoms with E-state index in [-0.39, 0.29) is 29.8 Å². The number of aryl methyl sites for hydroxylation is 1. The van der Waals surface area contributed by atoms with Crippen molar-refractivity contribution in [1.29, 1.82) is 0 Å². The normalized spacial score (nSPS) is 14.9. The molecule has 0 aliphatic carbocycles. The molecule has 2 aromatic carbocycles. The van der Waals surface area contributed by atoms with Gasteiger partial charge in [-0.15, -0.1) is 0 Å². The van der Waals surface area contributed by atoms with Crippen LogP contribution in [0.1, 0.15) is 75.0 Å². The number of nitrogens with one attached hydrogen (secondary N) is 2. The summed E-state index contributed by atoms with van der Waals surface area (Å²) in [6.45, 7) is 14.3. The number of hydrogen-bond donors (Lipinski definition) is 2. The summed E-state index contributed by atoms with van der Waals surface area (Å²) in [5.74, 6) is -0.693. The molecule has 4 aromatic rings. The maximum Gasteiger partial charge on any atom is 0.302 e. The topological polar surface area (TPSA) is 131 Å². The summed E-state index contributed by atoms with van der Waals surface area (Å²) in [7, 11) is 1.53. The van der Waals surface area contributed by atoms with Gasteiger partial charge in [0.05, 0.1) is 23.1 Å². The lowest BCUT2D eigenvalue weighted by molar-refractivity contribution is -0.142. The van der Waals surface area contributed by atoms with Gasteiger partial charge in [-0.2, -0.15) is 5.10 Å². The van der Waals surface area contributed by atoms with Gasteiger partial charge in [0, 0.05) is 38.2 Å². The Morgan fingerprint density at radius 2 is 1.82 bits per heavy atom. The molecule has 0 atom stereocenters. The van der Waals surface area contributed by atoms with Crippen molar-refractivity contribution in [3.63, 3.8) is 0 Å². The van der Waals surface area contributed by atoms with E-state index in [0.717, 1.165) is 25.2 Å². The Bertz CT molecular complexity index is 2030. The second kappa shape index (κ2) is 13.9. The van der Waals surface area contributed by atoms with Crippen LogP contribution in [0.5, 0.6) is 5.75 Å². The molecule has 0 bridgehead atoms. The van der Waals surface area contributed by atoms with Crippen LogP contribution in [-0.2, 0) is 35.1 Å². The minimum atomic E-state index is -0.606. The van der Waals surface area contributed by atoms with Gasteiger partial charge in [0.15, 0.2) is 0 Å². The number of carbonyl (C=O) groups is 2. The van der Waals surface area contributed by atoms with Crippen molar-refractivity contribution >= 4 is 29.1 Å². The molecule has 1 saturated heterocycles. The Hall–Kier alpha value is -5.14. The molecule has 13 heteroatoms. The number of carbonyl (C=O) groups excluding carboxylic acids is 2. The largest absolute Gasteiger partial charge is 0.485 e. The molecular weight excluding hydrogens is 653 g/mol. The van der Waals surface area contributed by atoms with Crippen molar-refractivity contribution in [2.45, 2.75) is 72.1 Å². The van der Waals surface area contributed by atoms with E-state index in [9.17, 15) is 14.4 Å². The van der Waals surface area contributed by atoms with Gasteiger partial charge in [-0.1, -0.05) is 39.0 Å². The third kappa shape index (κ3) is 7.79. The number of amides is 1. The summed E-state index contributed by atoms with van der Waals surface area (Å²) >= 11 is 0. The summed E-state index contributed by atoms with van der Waals surface area (Å²) in [5.41, 5.74) is 5.17. The molecule has 51 heavy (non-hydrogen) atoms. The fourth-order valence-electron chi connectivity index (χ4n) is 6.28. The van der Waals surface area contributed by atoms with Gasteiger partial charge in [0.25, 0.3) is 11.5 Å². The van der Waals surface area contributed by atoms with Crippen molar-refractivity contribution in [1.82, 2.24) is 25.1 Å². The summed E-state index contributed by atoms with van der Waals surface area (Å²) in [6.07, 6.45) is 2.82. The maximum absolute atomic E-state index is 15.6. The Labute approximate surface area is 296 Å². The molecule has 0 unspecified atom stereocenters. The Kier molecular flexibility index (Phi) is 9.71. The third-order valence-electron chi connectivity index (χ3n) is 8.98. The second-order valence-corrected chi connectivity index (χ2v) is 14.7. The number of hydrogen-bond acceptors (Lipinski definition) is 10. The average molecular weight is 698 g/mol. The monoisotopic (exact) mass is 697 g/mol. The lowest BCUT2D eigenvalue weighted by Gasteiger charge is -2.38. The smallest absolute Gasteiger partial charge is 0.302 e. The van der Waals surface area contributed by atoms with Crippen LogP contribution in [0, 0.1) is 5.82 Å². The summed E-state index contributed by atoms with van der Waals surface area (Å²) in [4.78, 5) is 46.0. The van der Waals surface area contributed by atoms with Crippen LogP contribution in [0.15, 0.2) is 59.5 Å². The van der Waals surface area contributed by atoms with E-state index in [1.54, 1.807) is 42.6 Å². The summed E-state index contributed by atoms with van der Waals surface area (Å²) in [6, 6.07) is 13.5. The molecule has 2 aliphatic rings. The van der Waals surface area contributed by atoms with E-state index in [2.05, 4.69) is 25.7 Å². The highest BCUT2D eigenvalue weighted by atomic mass is 19.1. The van der Waals surface area contributed by atoms with Crippen molar-refractivity contribution in [2.75, 3.05) is 30.0 Å². The predicted molar refractivity (Wildman–Crippen MR) is 192 cm³/mol. The van der Waals surface area contributed by atoms with Crippen molar-refractivity contribution < 1.29 is 23.5 Å². The first-order valence-electron chi connectivity index (χ1n) is 17.0. The van der Waals surface area contributed by atoms with Gasteiger partial charge in [-0.3, -0.25) is 19.3 Å². The lowest BCUT2D eigenvalue weighted by atomic mass is 9.84. The van der Waals surface area contributed by atoms with Crippen LogP contribution in [0.3, 0.4) is 0 Å².